The highest BCUT2D eigenvalue weighted by atomic mass is 32.1. The van der Waals surface area contributed by atoms with Crippen LogP contribution in [0.25, 0.3) is 21.6 Å². The van der Waals surface area contributed by atoms with Gasteiger partial charge in [0.15, 0.2) is 5.13 Å². The summed E-state index contributed by atoms with van der Waals surface area (Å²) < 4.78 is 31.7. The molecule has 0 saturated carbocycles. The Morgan fingerprint density at radius 3 is 2.74 bits per heavy atom. The second-order valence-electron chi connectivity index (χ2n) is 5.10. The molecule has 2 N–H and O–H groups in total. The number of thiazole rings is 1. The van der Waals surface area contributed by atoms with E-state index in [9.17, 15) is 13.2 Å². The number of hydrogen-bond acceptors (Lipinski definition) is 7. The molecule has 0 saturated heterocycles. The summed E-state index contributed by atoms with van der Waals surface area (Å²) in [7, 11) is 1.94. The molecule has 0 atom stereocenters. The third-order valence-electron chi connectivity index (χ3n) is 3.21. The normalized spacial score (nSPS) is 10.8. The lowest BCUT2D eigenvalue weighted by Crippen LogP contribution is -2.21. The SMILES string of the molecule is CN(CCC#N)c1ncc(-c2ncnc3[nH]ccc23)s1.O=C(O)C(F)(F)F. The first-order chi connectivity index (χ1) is 12.7. The quantitative estimate of drug-likeness (QED) is 0.693. The first-order valence-electron chi connectivity index (χ1n) is 7.36. The highest BCUT2D eigenvalue weighted by molar-refractivity contribution is 7.19. The van der Waals surface area contributed by atoms with Gasteiger partial charge in [0.05, 0.1) is 23.1 Å². The molecule has 3 rings (SSSR count). The van der Waals surface area contributed by atoms with Crippen LogP contribution in [0.15, 0.2) is 24.8 Å². The Labute approximate surface area is 154 Å². The molecule has 0 aliphatic carbocycles. The number of alkyl halides is 3. The van der Waals surface area contributed by atoms with E-state index in [0.29, 0.717) is 13.0 Å². The van der Waals surface area contributed by atoms with Gasteiger partial charge in [-0.15, -0.1) is 0 Å². The van der Waals surface area contributed by atoms with Crippen LogP contribution < -0.4 is 4.90 Å². The molecule has 0 aromatic carbocycles. The maximum absolute atomic E-state index is 10.6. The van der Waals surface area contributed by atoms with E-state index in [2.05, 4.69) is 26.0 Å². The molecule has 3 aromatic heterocycles. The Balaban J connectivity index is 0.000000321. The highest BCUT2D eigenvalue weighted by Gasteiger charge is 2.38. The van der Waals surface area contributed by atoms with Crippen molar-refractivity contribution in [2.45, 2.75) is 12.6 Å². The molecule has 0 unspecified atom stereocenters. The van der Waals surface area contributed by atoms with E-state index in [4.69, 9.17) is 15.2 Å². The van der Waals surface area contributed by atoms with Gasteiger partial charge in [0.25, 0.3) is 0 Å². The van der Waals surface area contributed by atoms with Gasteiger partial charge in [-0.05, 0) is 6.07 Å². The lowest BCUT2D eigenvalue weighted by Gasteiger charge is -2.12. The summed E-state index contributed by atoms with van der Waals surface area (Å²) >= 11 is 1.56. The summed E-state index contributed by atoms with van der Waals surface area (Å²) in [5.41, 5.74) is 1.71. The van der Waals surface area contributed by atoms with Gasteiger partial charge < -0.3 is 15.0 Å². The lowest BCUT2D eigenvalue weighted by molar-refractivity contribution is -0.192. The minimum Gasteiger partial charge on any atom is -0.475 e. The fraction of sp³-hybridized carbons (Fsp3) is 0.267. The molecule has 0 aliphatic rings. The Hall–Kier alpha value is -3.20. The zero-order valence-corrected chi connectivity index (χ0v) is 14.7. The van der Waals surface area contributed by atoms with Gasteiger partial charge in [-0.1, -0.05) is 11.3 Å². The number of H-pyrrole nitrogens is 1. The Morgan fingerprint density at radius 1 is 1.41 bits per heavy atom. The van der Waals surface area contributed by atoms with Gasteiger partial charge in [-0.2, -0.15) is 18.4 Å². The molecule has 8 nitrogen and oxygen atoms in total. The number of rotatable bonds is 4. The second kappa shape index (κ2) is 8.45. The van der Waals surface area contributed by atoms with Crippen molar-refractivity contribution in [3.8, 4) is 16.6 Å². The fourth-order valence-corrected chi connectivity index (χ4v) is 2.85. The third kappa shape index (κ3) is 5.14. The number of nitrogens with zero attached hydrogens (tertiary/aromatic N) is 5. The van der Waals surface area contributed by atoms with Gasteiger partial charge >= 0.3 is 12.1 Å². The van der Waals surface area contributed by atoms with E-state index in [1.807, 2.05) is 30.4 Å². The highest BCUT2D eigenvalue weighted by Crippen LogP contribution is 2.32. The van der Waals surface area contributed by atoms with Crippen molar-refractivity contribution in [3.63, 3.8) is 0 Å². The summed E-state index contributed by atoms with van der Waals surface area (Å²) in [4.78, 5) is 27.9. The smallest absolute Gasteiger partial charge is 0.475 e. The standard InChI is InChI=1S/C13H12N6S.C2HF3O2/c1-19(6-2-4-14)13-16-7-10(20-13)11-9-3-5-15-12(9)18-8-17-11;3-2(4,5)1(6)7/h3,5,7-8H,2,6H2,1H3,(H,15,17,18);(H,6,7). The molecule has 12 heteroatoms. The predicted molar refractivity (Wildman–Crippen MR) is 92.2 cm³/mol. The summed E-state index contributed by atoms with van der Waals surface area (Å²) in [6.07, 6.45) is 0.620. The van der Waals surface area contributed by atoms with Crippen molar-refractivity contribution >= 4 is 33.5 Å². The summed E-state index contributed by atoms with van der Waals surface area (Å²) in [6.45, 7) is 0.673. The second-order valence-corrected chi connectivity index (χ2v) is 6.11. The van der Waals surface area contributed by atoms with E-state index in [1.54, 1.807) is 17.7 Å². The molecule has 0 bridgehead atoms. The lowest BCUT2D eigenvalue weighted by atomic mass is 10.2. The van der Waals surface area contributed by atoms with E-state index in [1.165, 1.54) is 0 Å². The predicted octanol–water partition coefficient (Wildman–Crippen LogP) is 3.06. The number of nitrogens with one attached hydrogen (secondary N) is 1. The molecular formula is C15H13F3N6O2S. The number of nitriles is 1. The van der Waals surface area contributed by atoms with E-state index >= 15 is 0 Å². The van der Waals surface area contributed by atoms with Crippen molar-refractivity contribution in [2.24, 2.45) is 0 Å². The van der Waals surface area contributed by atoms with E-state index < -0.39 is 12.1 Å². The molecular weight excluding hydrogens is 385 g/mol. The molecule has 3 aromatic rings. The van der Waals surface area contributed by atoms with Crippen molar-refractivity contribution in [3.05, 3.63) is 24.8 Å². The zero-order valence-electron chi connectivity index (χ0n) is 13.9. The number of fused-ring (bicyclic) bond motifs is 1. The van der Waals surface area contributed by atoms with Crippen LogP contribution in [-0.4, -0.2) is 50.8 Å². The number of aromatic nitrogens is 4. The number of aliphatic carboxylic acids is 1. The summed E-state index contributed by atoms with van der Waals surface area (Å²) in [5.74, 6) is -2.76. The maximum Gasteiger partial charge on any atom is 0.490 e. The number of anilines is 1. The van der Waals surface area contributed by atoms with Gasteiger partial charge in [0, 0.05) is 31.4 Å². The Kier molecular flexibility index (Phi) is 6.30. The maximum atomic E-state index is 10.6. The summed E-state index contributed by atoms with van der Waals surface area (Å²) in [6, 6.07) is 4.10. The zero-order chi connectivity index (χ0) is 20.0. The van der Waals surface area contributed by atoms with Crippen LogP contribution in [0.5, 0.6) is 0 Å². The number of halogens is 3. The fourth-order valence-electron chi connectivity index (χ4n) is 1.93. The number of carboxylic acids is 1. The van der Waals surface area contributed by atoms with Crippen molar-refractivity contribution in [1.82, 2.24) is 19.9 Å². The average molecular weight is 398 g/mol. The number of carboxylic acid groups (broad SMARTS) is 1. The minimum atomic E-state index is -5.08. The Morgan fingerprint density at radius 2 is 2.11 bits per heavy atom. The molecule has 0 spiro atoms. The summed E-state index contributed by atoms with van der Waals surface area (Å²) in [5, 5.41) is 17.6. The molecule has 0 amide bonds. The van der Waals surface area contributed by atoms with E-state index in [0.717, 1.165) is 26.7 Å². The van der Waals surface area contributed by atoms with E-state index in [-0.39, 0.29) is 0 Å². The molecule has 27 heavy (non-hydrogen) atoms. The van der Waals surface area contributed by atoms with Crippen LogP contribution in [0.4, 0.5) is 18.3 Å². The van der Waals surface area contributed by atoms with Crippen LogP contribution in [0.1, 0.15) is 6.42 Å². The van der Waals surface area contributed by atoms with Crippen molar-refractivity contribution in [2.75, 3.05) is 18.5 Å². The monoisotopic (exact) mass is 398 g/mol. The van der Waals surface area contributed by atoms with Crippen LogP contribution in [0, 0.1) is 11.3 Å². The van der Waals surface area contributed by atoms with Crippen LogP contribution in [0.2, 0.25) is 0 Å². The molecule has 0 fully saturated rings. The topological polar surface area (TPSA) is 119 Å². The third-order valence-corrected chi connectivity index (χ3v) is 4.33. The van der Waals surface area contributed by atoms with Crippen molar-refractivity contribution in [1.29, 1.82) is 5.26 Å². The van der Waals surface area contributed by atoms with Gasteiger partial charge in [0.2, 0.25) is 0 Å². The van der Waals surface area contributed by atoms with Gasteiger partial charge in [-0.25, -0.2) is 19.7 Å². The molecule has 0 radical (unpaired) electrons. The minimum absolute atomic E-state index is 0.487. The van der Waals surface area contributed by atoms with Crippen molar-refractivity contribution < 1.29 is 23.1 Å². The largest absolute Gasteiger partial charge is 0.490 e. The van der Waals surface area contributed by atoms with Gasteiger partial charge in [-0.3, -0.25) is 0 Å². The number of hydrogen-bond donors (Lipinski definition) is 2. The van der Waals surface area contributed by atoms with Crippen LogP contribution >= 0.6 is 11.3 Å². The first-order valence-corrected chi connectivity index (χ1v) is 8.18. The van der Waals surface area contributed by atoms with Crippen LogP contribution in [-0.2, 0) is 4.79 Å². The first kappa shape index (κ1) is 20.1. The van der Waals surface area contributed by atoms with Gasteiger partial charge in [0.1, 0.15) is 12.0 Å². The number of aromatic amines is 1. The molecule has 3 heterocycles. The number of carbonyl (C=O) groups is 1. The Bertz CT molecular complexity index is 962. The molecule has 142 valence electrons. The molecule has 0 aliphatic heterocycles. The average Bonchev–Trinajstić information content (AvgIpc) is 3.28. The van der Waals surface area contributed by atoms with Crippen LogP contribution in [0.3, 0.4) is 0 Å².